The first-order valence-corrected chi connectivity index (χ1v) is 10.6. The van der Waals surface area contributed by atoms with Crippen LogP contribution < -0.4 is 4.74 Å². The van der Waals surface area contributed by atoms with Gasteiger partial charge in [-0.1, -0.05) is 12.1 Å². The van der Waals surface area contributed by atoms with Crippen LogP contribution in [0.5, 0.6) is 5.75 Å². The van der Waals surface area contributed by atoms with Crippen molar-refractivity contribution in [2.75, 3.05) is 6.61 Å². The molecule has 0 bridgehead atoms. The van der Waals surface area contributed by atoms with E-state index in [1.165, 1.54) is 24.3 Å². The van der Waals surface area contributed by atoms with E-state index in [4.69, 9.17) is 10.00 Å². The van der Waals surface area contributed by atoms with Gasteiger partial charge in [0.15, 0.2) is 5.83 Å². The molecule has 30 heavy (non-hydrogen) atoms. The summed E-state index contributed by atoms with van der Waals surface area (Å²) in [6.07, 6.45) is 4.52. The van der Waals surface area contributed by atoms with E-state index in [-0.39, 0.29) is 17.8 Å². The predicted octanol–water partition coefficient (Wildman–Crippen LogP) is 6.81. The van der Waals surface area contributed by atoms with Crippen molar-refractivity contribution >= 4 is 0 Å². The maximum absolute atomic E-state index is 13.1. The Balaban J connectivity index is 1.37. The third-order valence-electron chi connectivity index (χ3n) is 6.21. The molecule has 1 aromatic carbocycles. The van der Waals surface area contributed by atoms with Gasteiger partial charge < -0.3 is 9.47 Å². The minimum Gasteiger partial charge on any atom is -0.406 e. The molecule has 2 aliphatic rings. The molecule has 0 aromatic heterocycles. The summed E-state index contributed by atoms with van der Waals surface area (Å²) in [5.41, 5.74) is 1.06. The lowest BCUT2D eigenvalue weighted by Gasteiger charge is -2.32. The number of hydrogen-bond acceptors (Lipinski definition) is 3. The largest absolute Gasteiger partial charge is 0.573 e. The zero-order valence-corrected chi connectivity index (χ0v) is 16.8. The number of halogens is 4. The molecular weight excluding hydrogens is 398 g/mol. The van der Waals surface area contributed by atoms with Crippen LogP contribution in [0.15, 0.2) is 36.2 Å². The van der Waals surface area contributed by atoms with E-state index < -0.39 is 12.2 Å². The summed E-state index contributed by atoms with van der Waals surface area (Å²) < 4.78 is 59.9. The molecule has 0 N–H and O–H groups in total. The van der Waals surface area contributed by atoms with E-state index in [1.807, 2.05) is 0 Å². The fraction of sp³-hybridized carbons (Fsp3) is 0.609. The van der Waals surface area contributed by atoms with Crippen molar-refractivity contribution in [2.24, 2.45) is 11.8 Å². The third kappa shape index (κ3) is 7.02. The molecule has 1 aromatic rings. The third-order valence-corrected chi connectivity index (χ3v) is 6.21. The Kier molecular flexibility index (Phi) is 7.76. The van der Waals surface area contributed by atoms with Gasteiger partial charge >= 0.3 is 6.36 Å². The fourth-order valence-electron chi connectivity index (χ4n) is 4.54. The number of rotatable bonds is 6. The maximum Gasteiger partial charge on any atom is 0.573 e. The van der Waals surface area contributed by atoms with Crippen LogP contribution in [0.3, 0.4) is 0 Å². The van der Waals surface area contributed by atoms with Crippen molar-refractivity contribution in [1.29, 1.82) is 5.26 Å². The Hall–Kier alpha value is -2.07. The van der Waals surface area contributed by atoms with Crippen molar-refractivity contribution in [3.05, 3.63) is 41.7 Å². The summed E-state index contributed by atoms with van der Waals surface area (Å²) in [5, 5.41) is 8.53. The van der Waals surface area contributed by atoms with Crippen molar-refractivity contribution in [3.8, 4) is 11.8 Å². The van der Waals surface area contributed by atoms with Gasteiger partial charge in [0.2, 0.25) is 0 Å². The van der Waals surface area contributed by atoms with Gasteiger partial charge in [0.05, 0.1) is 6.10 Å². The fourth-order valence-corrected chi connectivity index (χ4v) is 4.54. The van der Waals surface area contributed by atoms with Crippen LogP contribution in [0.1, 0.15) is 62.8 Å². The summed E-state index contributed by atoms with van der Waals surface area (Å²) in [4.78, 5) is 0. The molecule has 0 amide bonds. The molecule has 0 radical (unpaired) electrons. The average molecular weight is 425 g/mol. The standard InChI is InChI=1S/C23H27F4NO2/c24-20(14-28)13-16-3-9-21(10-4-16)29-15-17-1-5-18(6-2-17)19-7-11-22(12-8-19)30-23(25,26)27/h7-8,11-13,16-18,21H,1-6,9-10,15H2/t16-,17-,18-,21-. The lowest BCUT2D eigenvalue weighted by molar-refractivity contribution is -0.274. The van der Waals surface area contributed by atoms with Gasteiger partial charge in [0.25, 0.3) is 0 Å². The van der Waals surface area contributed by atoms with Crippen LogP contribution in [0.4, 0.5) is 17.6 Å². The zero-order valence-electron chi connectivity index (χ0n) is 16.8. The highest BCUT2D eigenvalue weighted by molar-refractivity contribution is 5.29. The van der Waals surface area contributed by atoms with E-state index in [2.05, 4.69) is 4.74 Å². The second kappa shape index (κ2) is 10.3. The highest BCUT2D eigenvalue weighted by Gasteiger charge is 2.31. The molecule has 0 atom stereocenters. The quantitative estimate of drug-likeness (QED) is 0.371. The van der Waals surface area contributed by atoms with Crippen LogP contribution in [0, 0.1) is 23.2 Å². The number of nitrogens with zero attached hydrogens (tertiary/aromatic N) is 1. The van der Waals surface area contributed by atoms with E-state index in [1.54, 1.807) is 12.1 Å². The van der Waals surface area contributed by atoms with Crippen LogP contribution in [0.2, 0.25) is 0 Å². The minimum atomic E-state index is -4.66. The Morgan fingerprint density at radius 2 is 1.63 bits per heavy atom. The van der Waals surface area contributed by atoms with Gasteiger partial charge in [-0.3, -0.25) is 0 Å². The number of nitriles is 1. The van der Waals surface area contributed by atoms with E-state index in [0.717, 1.165) is 63.5 Å². The summed E-state index contributed by atoms with van der Waals surface area (Å²) in [5.74, 6) is 0.113. The molecule has 3 nitrogen and oxygen atoms in total. The van der Waals surface area contributed by atoms with Gasteiger partial charge in [0.1, 0.15) is 11.8 Å². The number of hydrogen-bond donors (Lipinski definition) is 0. The van der Waals surface area contributed by atoms with Crippen molar-refractivity contribution in [2.45, 2.75) is 69.8 Å². The summed E-state index contributed by atoms with van der Waals surface area (Å²) in [6.45, 7) is 0.725. The number of allylic oxidation sites excluding steroid dienone is 2. The molecule has 0 aliphatic heterocycles. The van der Waals surface area contributed by atoms with Crippen molar-refractivity contribution < 1.29 is 27.0 Å². The van der Waals surface area contributed by atoms with Gasteiger partial charge in [-0.2, -0.15) is 9.65 Å². The molecule has 0 saturated heterocycles. The molecule has 2 fully saturated rings. The van der Waals surface area contributed by atoms with Gasteiger partial charge in [-0.05, 0) is 92.9 Å². The van der Waals surface area contributed by atoms with Crippen LogP contribution >= 0.6 is 0 Å². The lowest BCUT2D eigenvalue weighted by Crippen LogP contribution is -2.25. The topological polar surface area (TPSA) is 42.2 Å². The molecule has 0 heterocycles. The molecule has 7 heteroatoms. The van der Waals surface area contributed by atoms with Crippen LogP contribution in [-0.2, 0) is 4.74 Å². The molecule has 2 saturated carbocycles. The Morgan fingerprint density at radius 1 is 1.00 bits per heavy atom. The van der Waals surface area contributed by atoms with E-state index >= 15 is 0 Å². The van der Waals surface area contributed by atoms with Gasteiger partial charge in [-0.25, -0.2) is 0 Å². The first kappa shape index (κ1) is 22.6. The smallest absolute Gasteiger partial charge is 0.406 e. The maximum atomic E-state index is 13.1. The first-order chi connectivity index (χ1) is 14.3. The highest BCUT2D eigenvalue weighted by atomic mass is 19.4. The predicted molar refractivity (Wildman–Crippen MR) is 104 cm³/mol. The normalized spacial score (nSPS) is 28.0. The monoisotopic (exact) mass is 425 g/mol. The van der Waals surface area contributed by atoms with Crippen molar-refractivity contribution in [1.82, 2.24) is 0 Å². The molecule has 0 unspecified atom stereocenters. The summed E-state index contributed by atoms with van der Waals surface area (Å²) in [6, 6.07) is 7.75. The second-order valence-electron chi connectivity index (χ2n) is 8.33. The molecule has 2 aliphatic carbocycles. The molecule has 3 rings (SSSR count). The van der Waals surface area contributed by atoms with Crippen LogP contribution in [0.25, 0.3) is 0 Å². The Bertz CT molecular complexity index is 738. The summed E-state index contributed by atoms with van der Waals surface area (Å²) >= 11 is 0. The molecular formula is C23H27F4NO2. The van der Waals surface area contributed by atoms with E-state index in [0.29, 0.717) is 11.8 Å². The van der Waals surface area contributed by atoms with E-state index in [9.17, 15) is 17.6 Å². The number of ether oxygens (including phenoxy) is 2. The Labute approximate surface area is 174 Å². The van der Waals surface area contributed by atoms with Crippen molar-refractivity contribution in [3.63, 3.8) is 0 Å². The molecule has 0 spiro atoms. The first-order valence-electron chi connectivity index (χ1n) is 10.6. The minimum absolute atomic E-state index is 0.132. The average Bonchev–Trinajstić information content (AvgIpc) is 2.73. The Morgan fingerprint density at radius 3 is 2.20 bits per heavy atom. The summed E-state index contributed by atoms with van der Waals surface area (Å²) in [7, 11) is 0. The number of alkyl halides is 3. The molecule has 164 valence electrons. The lowest BCUT2D eigenvalue weighted by atomic mass is 9.79. The SMILES string of the molecule is N#CC(F)=C[C@H]1CC[C@H](OC[C@H]2CC[C@H](c3ccc(OC(F)(F)F)cc3)CC2)CC1. The van der Waals surface area contributed by atoms with Crippen LogP contribution in [-0.4, -0.2) is 19.1 Å². The second-order valence-corrected chi connectivity index (χ2v) is 8.33. The van der Waals surface area contributed by atoms with Gasteiger partial charge in [0, 0.05) is 6.61 Å². The highest BCUT2D eigenvalue weighted by Crippen LogP contribution is 2.37. The zero-order chi connectivity index (χ0) is 21.6. The number of benzene rings is 1. The van der Waals surface area contributed by atoms with Gasteiger partial charge in [-0.15, -0.1) is 13.2 Å².